The van der Waals surface area contributed by atoms with Crippen LogP contribution >= 0.6 is 0 Å². The average Bonchev–Trinajstić information content (AvgIpc) is 2.10. The van der Waals surface area contributed by atoms with Crippen molar-refractivity contribution in [2.75, 3.05) is 19.6 Å². The van der Waals surface area contributed by atoms with E-state index in [2.05, 4.69) is 12.2 Å². The molecule has 6 heteroatoms. The van der Waals surface area contributed by atoms with Gasteiger partial charge < -0.3 is 15.8 Å². The summed E-state index contributed by atoms with van der Waals surface area (Å²) in [6.45, 7) is 9.27. The molecule has 0 bridgehead atoms. The third-order valence-electron chi connectivity index (χ3n) is 2.84. The lowest BCUT2D eigenvalue weighted by Crippen LogP contribution is -2.52. The van der Waals surface area contributed by atoms with E-state index in [1.165, 1.54) is 0 Å². The standard InChI is InChI=1S/C13H25N3O3/c1-9-5-10(7-16(6-9)8-11(14)17)15-12(18)19-13(2,3)4/h9-10H,5-8H2,1-4H3,(H2,14,17)(H,15,18). The van der Waals surface area contributed by atoms with Gasteiger partial charge in [-0.1, -0.05) is 6.92 Å². The van der Waals surface area contributed by atoms with E-state index < -0.39 is 11.7 Å². The summed E-state index contributed by atoms with van der Waals surface area (Å²) in [6.07, 6.45) is 0.472. The van der Waals surface area contributed by atoms with Crippen molar-refractivity contribution in [1.82, 2.24) is 10.2 Å². The Hall–Kier alpha value is -1.30. The molecule has 1 saturated heterocycles. The van der Waals surface area contributed by atoms with Crippen LogP contribution in [0.15, 0.2) is 0 Å². The maximum absolute atomic E-state index is 11.7. The molecule has 1 aliphatic rings. The smallest absolute Gasteiger partial charge is 0.407 e. The summed E-state index contributed by atoms with van der Waals surface area (Å²) < 4.78 is 5.23. The highest BCUT2D eigenvalue weighted by Gasteiger charge is 2.28. The van der Waals surface area contributed by atoms with Crippen molar-refractivity contribution in [2.24, 2.45) is 11.7 Å². The molecule has 1 heterocycles. The SMILES string of the molecule is CC1CC(NC(=O)OC(C)(C)C)CN(CC(N)=O)C1. The summed E-state index contributed by atoms with van der Waals surface area (Å²) in [4.78, 5) is 24.6. The zero-order chi connectivity index (χ0) is 14.6. The molecular weight excluding hydrogens is 246 g/mol. The fraction of sp³-hybridized carbons (Fsp3) is 0.846. The Labute approximate surface area is 114 Å². The van der Waals surface area contributed by atoms with Crippen LogP contribution in [0.3, 0.4) is 0 Å². The number of nitrogens with zero attached hydrogens (tertiary/aromatic N) is 1. The number of carbonyl (C=O) groups excluding carboxylic acids is 2. The van der Waals surface area contributed by atoms with E-state index in [0.29, 0.717) is 12.5 Å². The molecular formula is C13H25N3O3. The molecule has 19 heavy (non-hydrogen) atoms. The fourth-order valence-electron chi connectivity index (χ4n) is 2.39. The zero-order valence-corrected chi connectivity index (χ0v) is 12.2. The largest absolute Gasteiger partial charge is 0.444 e. The quantitative estimate of drug-likeness (QED) is 0.791. The number of amides is 2. The molecule has 2 unspecified atom stereocenters. The van der Waals surface area contributed by atoms with E-state index in [9.17, 15) is 9.59 Å². The molecule has 0 saturated carbocycles. The lowest BCUT2D eigenvalue weighted by atomic mass is 9.96. The summed E-state index contributed by atoms with van der Waals surface area (Å²) in [7, 11) is 0. The minimum atomic E-state index is -0.503. The Kier molecular flexibility index (Phi) is 5.17. The minimum absolute atomic E-state index is 0.00190. The van der Waals surface area contributed by atoms with Crippen molar-refractivity contribution < 1.29 is 14.3 Å². The van der Waals surface area contributed by atoms with E-state index in [1.54, 1.807) is 0 Å². The Morgan fingerprint density at radius 2 is 2.00 bits per heavy atom. The summed E-state index contributed by atoms with van der Waals surface area (Å²) in [5.74, 6) is 0.0677. The minimum Gasteiger partial charge on any atom is -0.444 e. The van der Waals surface area contributed by atoms with Crippen LogP contribution in [0.1, 0.15) is 34.1 Å². The first kappa shape index (κ1) is 15.8. The third-order valence-corrected chi connectivity index (χ3v) is 2.84. The molecule has 0 aromatic carbocycles. The number of likely N-dealkylation sites (tertiary alicyclic amines) is 1. The van der Waals surface area contributed by atoms with Crippen LogP contribution in [-0.4, -0.2) is 48.2 Å². The number of nitrogens with one attached hydrogen (secondary N) is 1. The average molecular weight is 271 g/mol. The van der Waals surface area contributed by atoms with Crippen LogP contribution < -0.4 is 11.1 Å². The van der Waals surface area contributed by atoms with Gasteiger partial charge in [0.05, 0.1) is 6.54 Å². The van der Waals surface area contributed by atoms with Gasteiger partial charge in [-0.2, -0.15) is 0 Å². The molecule has 3 N–H and O–H groups in total. The van der Waals surface area contributed by atoms with Crippen LogP contribution in [0.4, 0.5) is 4.79 Å². The second-order valence-electron chi connectivity index (χ2n) is 6.34. The third kappa shape index (κ3) is 6.42. The molecule has 2 amide bonds. The Bertz CT molecular complexity index is 339. The van der Waals surface area contributed by atoms with Crippen molar-refractivity contribution in [3.63, 3.8) is 0 Å². The predicted molar refractivity (Wildman–Crippen MR) is 72.6 cm³/mol. The summed E-state index contributed by atoms with van der Waals surface area (Å²) in [6, 6.07) is -0.00190. The molecule has 0 aromatic rings. The van der Waals surface area contributed by atoms with Crippen molar-refractivity contribution in [3.8, 4) is 0 Å². The van der Waals surface area contributed by atoms with Crippen LogP contribution in [0, 0.1) is 5.92 Å². The van der Waals surface area contributed by atoms with E-state index in [-0.39, 0.29) is 18.5 Å². The Morgan fingerprint density at radius 3 is 2.53 bits per heavy atom. The van der Waals surface area contributed by atoms with Gasteiger partial charge in [-0.15, -0.1) is 0 Å². The number of nitrogens with two attached hydrogens (primary N) is 1. The molecule has 0 aromatic heterocycles. The topological polar surface area (TPSA) is 84.7 Å². The summed E-state index contributed by atoms with van der Waals surface area (Å²) in [5, 5.41) is 2.85. The summed E-state index contributed by atoms with van der Waals surface area (Å²) >= 11 is 0. The lowest BCUT2D eigenvalue weighted by molar-refractivity contribution is -0.119. The van der Waals surface area contributed by atoms with Gasteiger partial charge in [0.2, 0.25) is 5.91 Å². The molecule has 0 spiro atoms. The van der Waals surface area contributed by atoms with Crippen LogP contribution in [0.2, 0.25) is 0 Å². The van der Waals surface area contributed by atoms with E-state index >= 15 is 0 Å². The number of ether oxygens (including phenoxy) is 1. The lowest BCUT2D eigenvalue weighted by Gasteiger charge is -2.36. The van der Waals surface area contributed by atoms with Gasteiger partial charge in [0.1, 0.15) is 5.60 Å². The van der Waals surface area contributed by atoms with Gasteiger partial charge in [-0.3, -0.25) is 9.69 Å². The van der Waals surface area contributed by atoms with Gasteiger partial charge in [-0.05, 0) is 33.1 Å². The first-order valence-corrected chi connectivity index (χ1v) is 6.66. The molecule has 1 aliphatic heterocycles. The van der Waals surface area contributed by atoms with Crippen LogP contribution in [-0.2, 0) is 9.53 Å². The molecule has 0 radical (unpaired) electrons. The number of alkyl carbamates (subject to hydrolysis) is 1. The van der Waals surface area contributed by atoms with E-state index in [0.717, 1.165) is 13.0 Å². The number of rotatable bonds is 3. The first-order chi connectivity index (χ1) is 8.65. The maximum atomic E-state index is 11.7. The molecule has 1 rings (SSSR count). The maximum Gasteiger partial charge on any atom is 0.407 e. The van der Waals surface area contributed by atoms with Crippen molar-refractivity contribution in [1.29, 1.82) is 0 Å². The van der Waals surface area contributed by atoms with Crippen LogP contribution in [0.25, 0.3) is 0 Å². The Balaban J connectivity index is 2.48. The normalized spacial score (nSPS) is 24.8. The number of primary amides is 1. The fourth-order valence-corrected chi connectivity index (χ4v) is 2.39. The highest BCUT2D eigenvalue weighted by Crippen LogP contribution is 2.16. The second-order valence-corrected chi connectivity index (χ2v) is 6.34. The molecule has 0 aliphatic carbocycles. The van der Waals surface area contributed by atoms with E-state index in [4.69, 9.17) is 10.5 Å². The van der Waals surface area contributed by atoms with Gasteiger partial charge in [-0.25, -0.2) is 4.79 Å². The van der Waals surface area contributed by atoms with Gasteiger partial charge in [0.25, 0.3) is 0 Å². The van der Waals surface area contributed by atoms with Gasteiger partial charge in [0.15, 0.2) is 0 Å². The first-order valence-electron chi connectivity index (χ1n) is 6.66. The number of piperidine rings is 1. The molecule has 110 valence electrons. The Morgan fingerprint density at radius 1 is 1.37 bits per heavy atom. The van der Waals surface area contributed by atoms with Gasteiger partial charge >= 0.3 is 6.09 Å². The molecule has 6 nitrogen and oxygen atoms in total. The number of hydrogen-bond donors (Lipinski definition) is 2. The van der Waals surface area contributed by atoms with Gasteiger partial charge in [0, 0.05) is 19.1 Å². The predicted octanol–water partition coefficient (Wildman–Crippen LogP) is 0.707. The highest BCUT2D eigenvalue weighted by atomic mass is 16.6. The van der Waals surface area contributed by atoms with Crippen molar-refractivity contribution in [2.45, 2.75) is 45.8 Å². The van der Waals surface area contributed by atoms with Crippen molar-refractivity contribution in [3.05, 3.63) is 0 Å². The number of carbonyl (C=O) groups is 2. The second kappa shape index (κ2) is 6.23. The molecule has 1 fully saturated rings. The highest BCUT2D eigenvalue weighted by molar-refractivity contribution is 5.76. The monoisotopic (exact) mass is 271 g/mol. The van der Waals surface area contributed by atoms with Crippen molar-refractivity contribution >= 4 is 12.0 Å². The number of hydrogen-bond acceptors (Lipinski definition) is 4. The van der Waals surface area contributed by atoms with E-state index in [1.807, 2.05) is 25.7 Å². The van der Waals surface area contributed by atoms with Crippen LogP contribution in [0.5, 0.6) is 0 Å². The summed E-state index contributed by atoms with van der Waals surface area (Å²) in [5.41, 5.74) is 4.70. The zero-order valence-electron chi connectivity index (χ0n) is 12.2. The molecule has 2 atom stereocenters.